The zero-order chi connectivity index (χ0) is 28.5. The van der Waals surface area contributed by atoms with E-state index in [9.17, 15) is 9.59 Å². The summed E-state index contributed by atoms with van der Waals surface area (Å²) in [4.78, 5) is 25.6. The predicted molar refractivity (Wildman–Crippen MR) is 152 cm³/mol. The Morgan fingerprint density at radius 1 is 0.625 bits per heavy atom. The number of hydrogen-bond acceptors (Lipinski definition) is 7. The molecule has 0 saturated carbocycles. The fourth-order valence-corrected chi connectivity index (χ4v) is 4.14. The average Bonchev–Trinajstić information content (AvgIpc) is 3.00. The minimum absolute atomic E-state index is 0.157. The van der Waals surface area contributed by atoms with Gasteiger partial charge in [0, 0.05) is 17.8 Å². The van der Waals surface area contributed by atoms with Crippen LogP contribution in [0.2, 0.25) is 0 Å². The number of nitrogens with one attached hydrogen (secondary N) is 2. The highest BCUT2D eigenvalue weighted by molar-refractivity contribution is 6.01. The van der Waals surface area contributed by atoms with Crippen LogP contribution in [0.4, 0.5) is 16.2 Å². The lowest BCUT2D eigenvalue weighted by Crippen LogP contribution is -2.20. The first-order valence-corrected chi connectivity index (χ1v) is 12.3. The van der Waals surface area contributed by atoms with Gasteiger partial charge in [0.05, 0.1) is 34.1 Å². The van der Waals surface area contributed by atoms with Gasteiger partial charge in [-0.3, -0.25) is 0 Å². The fourth-order valence-electron chi connectivity index (χ4n) is 4.14. The van der Waals surface area contributed by atoms with E-state index in [4.69, 9.17) is 23.7 Å². The highest BCUT2D eigenvalue weighted by Gasteiger charge is 2.22. The molecule has 2 amide bonds. The molecule has 0 spiro atoms. The molecule has 40 heavy (non-hydrogen) atoms. The molecule has 9 heteroatoms. The van der Waals surface area contributed by atoms with Gasteiger partial charge in [0.15, 0.2) is 11.5 Å². The van der Waals surface area contributed by atoms with Crippen molar-refractivity contribution in [1.82, 2.24) is 0 Å². The van der Waals surface area contributed by atoms with Gasteiger partial charge in [0.25, 0.3) is 0 Å². The molecule has 9 nitrogen and oxygen atoms in total. The van der Waals surface area contributed by atoms with Crippen molar-refractivity contribution in [2.45, 2.75) is 6.10 Å². The van der Waals surface area contributed by atoms with Gasteiger partial charge in [-0.1, -0.05) is 60.7 Å². The standard InChI is InChI=1S/C31H30N2O7/c1-36-26-18-23(19-27(37-2)29(26)38-3)33-31(35)32-22-15-16-25(24(17-22)30(34)39-4)40-28(20-11-7-5-8-12-20)21-13-9-6-10-14-21/h5-19,28H,1-4H3,(H2,32,33,35). The first-order chi connectivity index (χ1) is 19.5. The number of carbonyl (C=O) groups excluding carboxylic acids is 2. The summed E-state index contributed by atoms with van der Waals surface area (Å²) in [6.45, 7) is 0. The molecule has 4 aromatic rings. The SMILES string of the molecule is COC(=O)c1cc(NC(=O)Nc2cc(OC)c(OC)c(OC)c2)ccc1OC(c1ccccc1)c1ccccc1. The third kappa shape index (κ3) is 6.44. The molecule has 0 fully saturated rings. The smallest absolute Gasteiger partial charge is 0.341 e. The number of rotatable bonds is 10. The van der Waals surface area contributed by atoms with Gasteiger partial charge < -0.3 is 34.3 Å². The van der Waals surface area contributed by atoms with Gasteiger partial charge in [-0.15, -0.1) is 0 Å². The first-order valence-electron chi connectivity index (χ1n) is 12.3. The van der Waals surface area contributed by atoms with Crippen molar-refractivity contribution in [3.8, 4) is 23.0 Å². The molecule has 4 rings (SSSR count). The minimum Gasteiger partial charge on any atom is -0.493 e. The van der Waals surface area contributed by atoms with Crippen molar-refractivity contribution in [2.75, 3.05) is 39.1 Å². The number of amides is 2. The number of esters is 1. The van der Waals surface area contributed by atoms with Crippen LogP contribution in [0.3, 0.4) is 0 Å². The van der Waals surface area contributed by atoms with E-state index in [1.165, 1.54) is 34.5 Å². The van der Waals surface area contributed by atoms with E-state index in [1.54, 1.807) is 24.3 Å². The Morgan fingerprint density at radius 3 is 1.68 bits per heavy atom. The topological polar surface area (TPSA) is 104 Å². The molecule has 206 valence electrons. The van der Waals surface area contributed by atoms with Crippen molar-refractivity contribution in [2.24, 2.45) is 0 Å². The van der Waals surface area contributed by atoms with Crippen LogP contribution in [0.15, 0.2) is 91.0 Å². The van der Waals surface area contributed by atoms with Crippen LogP contribution in [0.25, 0.3) is 0 Å². The summed E-state index contributed by atoms with van der Waals surface area (Å²) in [6.07, 6.45) is -0.479. The molecule has 0 aromatic heterocycles. The monoisotopic (exact) mass is 542 g/mol. The zero-order valence-corrected chi connectivity index (χ0v) is 22.6. The molecule has 0 aliphatic rings. The van der Waals surface area contributed by atoms with Crippen molar-refractivity contribution in [3.05, 3.63) is 108 Å². The third-order valence-corrected chi connectivity index (χ3v) is 6.01. The fraction of sp³-hybridized carbons (Fsp3) is 0.161. The van der Waals surface area contributed by atoms with Crippen molar-refractivity contribution >= 4 is 23.4 Å². The van der Waals surface area contributed by atoms with Gasteiger partial charge in [-0.25, -0.2) is 9.59 Å². The van der Waals surface area contributed by atoms with E-state index in [2.05, 4.69) is 10.6 Å². The van der Waals surface area contributed by atoms with Crippen LogP contribution in [0, 0.1) is 0 Å². The number of ether oxygens (including phenoxy) is 5. The Hall–Kier alpha value is -5.18. The second-order valence-corrected chi connectivity index (χ2v) is 8.51. The van der Waals surface area contributed by atoms with Gasteiger partial charge in [-0.2, -0.15) is 0 Å². The molecular weight excluding hydrogens is 512 g/mol. The number of benzene rings is 4. The Kier molecular flexibility index (Phi) is 9.09. The van der Waals surface area contributed by atoms with E-state index >= 15 is 0 Å². The Bertz CT molecular complexity index is 1400. The molecule has 0 heterocycles. The second kappa shape index (κ2) is 13.1. The Labute approximate surface area is 232 Å². The van der Waals surface area contributed by atoms with Gasteiger partial charge in [0.1, 0.15) is 17.4 Å². The normalized spacial score (nSPS) is 10.4. The van der Waals surface area contributed by atoms with Crippen LogP contribution in [-0.4, -0.2) is 40.4 Å². The lowest BCUT2D eigenvalue weighted by atomic mass is 10.0. The van der Waals surface area contributed by atoms with Gasteiger partial charge >= 0.3 is 12.0 Å². The van der Waals surface area contributed by atoms with Crippen molar-refractivity contribution < 1.29 is 33.3 Å². The summed E-state index contributed by atoms with van der Waals surface area (Å²) in [5.74, 6) is 0.873. The number of hydrogen-bond donors (Lipinski definition) is 2. The maximum absolute atomic E-state index is 12.8. The van der Waals surface area contributed by atoms with Crippen LogP contribution in [0.1, 0.15) is 27.6 Å². The molecule has 0 bridgehead atoms. The van der Waals surface area contributed by atoms with E-state index in [0.29, 0.717) is 34.4 Å². The average molecular weight is 543 g/mol. The van der Waals surface area contributed by atoms with E-state index < -0.39 is 18.1 Å². The van der Waals surface area contributed by atoms with Crippen LogP contribution in [-0.2, 0) is 4.74 Å². The largest absolute Gasteiger partial charge is 0.493 e. The lowest BCUT2D eigenvalue weighted by Gasteiger charge is -2.22. The molecule has 4 aromatic carbocycles. The van der Waals surface area contributed by atoms with Crippen LogP contribution in [0.5, 0.6) is 23.0 Å². The number of urea groups is 1. The maximum Gasteiger partial charge on any atom is 0.341 e. The van der Waals surface area contributed by atoms with Gasteiger partial charge in [0.2, 0.25) is 5.75 Å². The van der Waals surface area contributed by atoms with Crippen molar-refractivity contribution in [3.63, 3.8) is 0 Å². The van der Waals surface area contributed by atoms with E-state index in [1.807, 2.05) is 60.7 Å². The molecule has 2 N–H and O–H groups in total. The summed E-state index contributed by atoms with van der Waals surface area (Å²) < 4.78 is 27.4. The second-order valence-electron chi connectivity index (χ2n) is 8.51. The molecule has 0 atom stereocenters. The zero-order valence-electron chi connectivity index (χ0n) is 22.6. The van der Waals surface area contributed by atoms with Gasteiger partial charge in [-0.05, 0) is 29.3 Å². The third-order valence-electron chi connectivity index (χ3n) is 6.01. The van der Waals surface area contributed by atoms with E-state index in [0.717, 1.165) is 11.1 Å². The molecular formula is C31H30N2O7. The number of carbonyl (C=O) groups is 2. The highest BCUT2D eigenvalue weighted by atomic mass is 16.5. The first kappa shape index (κ1) is 27.8. The lowest BCUT2D eigenvalue weighted by molar-refractivity contribution is 0.0594. The number of methoxy groups -OCH3 is 4. The van der Waals surface area contributed by atoms with Crippen molar-refractivity contribution in [1.29, 1.82) is 0 Å². The molecule has 0 aliphatic carbocycles. The Morgan fingerprint density at radius 2 is 1.18 bits per heavy atom. The molecule has 0 unspecified atom stereocenters. The Balaban J connectivity index is 1.59. The predicted octanol–water partition coefficient (Wildman–Crippen LogP) is 6.31. The quantitative estimate of drug-likeness (QED) is 0.226. The summed E-state index contributed by atoms with van der Waals surface area (Å²) in [6, 6.07) is 26.8. The minimum atomic E-state index is -0.608. The summed E-state index contributed by atoms with van der Waals surface area (Å²) >= 11 is 0. The van der Waals surface area contributed by atoms with Crippen LogP contribution >= 0.6 is 0 Å². The number of anilines is 2. The summed E-state index contributed by atoms with van der Waals surface area (Å²) in [5, 5.41) is 5.46. The summed E-state index contributed by atoms with van der Waals surface area (Å²) in [7, 11) is 5.75. The van der Waals surface area contributed by atoms with Crippen LogP contribution < -0.4 is 29.6 Å². The molecule has 0 aliphatic heterocycles. The highest BCUT2D eigenvalue weighted by Crippen LogP contribution is 2.40. The molecule has 0 saturated heterocycles. The van der Waals surface area contributed by atoms with E-state index in [-0.39, 0.29) is 5.56 Å². The molecule has 0 radical (unpaired) electrons. The summed E-state index contributed by atoms with van der Waals surface area (Å²) in [5.41, 5.74) is 2.75. The maximum atomic E-state index is 12.8.